The molecule has 2 aromatic carbocycles. The Kier molecular flexibility index (Phi) is 5.73. The third-order valence-electron chi connectivity index (χ3n) is 4.98. The van der Waals surface area contributed by atoms with Gasteiger partial charge in [-0.15, -0.1) is 0 Å². The van der Waals surface area contributed by atoms with Gasteiger partial charge in [0.05, 0.1) is 12.3 Å². The molecular weight excluding hydrogens is 352 g/mol. The zero-order chi connectivity index (χ0) is 19.2. The summed E-state index contributed by atoms with van der Waals surface area (Å²) >= 11 is 0. The molecule has 144 valence electrons. The lowest BCUT2D eigenvalue weighted by Crippen LogP contribution is -2.36. The normalized spacial score (nSPS) is 15.3. The summed E-state index contributed by atoms with van der Waals surface area (Å²) in [4.78, 5) is 15.1. The van der Waals surface area contributed by atoms with Crippen LogP contribution in [0.2, 0.25) is 0 Å². The van der Waals surface area contributed by atoms with E-state index in [0.717, 1.165) is 24.6 Å². The van der Waals surface area contributed by atoms with Crippen molar-refractivity contribution in [2.24, 2.45) is 0 Å². The lowest BCUT2D eigenvalue weighted by molar-refractivity contribution is 0.0933. The molecule has 1 amide bonds. The predicted molar refractivity (Wildman–Crippen MR) is 108 cm³/mol. The van der Waals surface area contributed by atoms with E-state index in [1.807, 2.05) is 54.6 Å². The number of hydrogen-bond donors (Lipinski definition) is 1. The van der Waals surface area contributed by atoms with E-state index >= 15 is 0 Å². The van der Waals surface area contributed by atoms with Gasteiger partial charge in [0, 0.05) is 12.1 Å². The molecule has 1 saturated heterocycles. The molecule has 0 bridgehead atoms. The van der Waals surface area contributed by atoms with Gasteiger partial charge in [0.1, 0.15) is 17.3 Å². The van der Waals surface area contributed by atoms with Gasteiger partial charge in [0.25, 0.3) is 5.91 Å². The fourth-order valence-corrected chi connectivity index (χ4v) is 3.56. The Balaban J connectivity index is 1.42. The fourth-order valence-electron chi connectivity index (χ4n) is 3.56. The lowest BCUT2D eigenvalue weighted by Gasteiger charge is -2.26. The van der Waals surface area contributed by atoms with Crippen LogP contribution in [0.4, 0.5) is 0 Å². The number of benzene rings is 2. The number of ether oxygens (including phenoxy) is 1. The monoisotopic (exact) mass is 376 g/mol. The molecule has 1 aromatic heterocycles. The van der Waals surface area contributed by atoms with Gasteiger partial charge in [-0.05, 0) is 68.4 Å². The summed E-state index contributed by atoms with van der Waals surface area (Å²) in [5.41, 5.74) is 0.577. The van der Waals surface area contributed by atoms with Gasteiger partial charge in [0.2, 0.25) is 0 Å². The molecule has 0 spiro atoms. The average Bonchev–Trinajstić information content (AvgIpc) is 3.44. The number of para-hydroxylation sites is 1. The molecule has 5 heteroatoms. The number of nitrogens with zero attached hydrogens (tertiary/aromatic N) is 1. The van der Waals surface area contributed by atoms with Crippen molar-refractivity contribution in [2.75, 3.05) is 19.6 Å². The van der Waals surface area contributed by atoms with Crippen LogP contribution in [0.15, 0.2) is 77.4 Å². The molecule has 0 saturated carbocycles. The maximum absolute atomic E-state index is 12.7. The number of amides is 1. The van der Waals surface area contributed by atoms with Gasteiger partial charge >= 0.3 is 0 Å². The zero-order valence-electron chi connectivity index (χ0n) is 15.7. The van der Waals surface area contributed by atoms with Crippen molar-refractivity contribution < 1.29 is 13.9 Å². The van der Waals surface area contributed by atoms with E-state index in [9.17, 15) is 4.79 Å². The third-order valence-corrected chi connectivity index (χ3v) is 4.98. The highest BCUT2D eigenvalue weighted by molar-refractivity contribution is 5.94. The van der Waals surface area contributed by atoms with E-state index in [0.29, 0.717) is 17.9 Å². The van der Waals surface area contributed by atoms with Crippen molar-refractivity contribution in [3.8, 4) is 11.5 Å². The SMILES string of the molecule is O=C(NC[C@H](c1ccco1)N1CCCC1)c1cccc(Oc2ccccc2)c1. The Morgan fingerprint density at radius 1 is 1.00 bits per heavy atom. The third kappa shape index (κ3) is 4.43. The Labute approximate surface area is 164 Å². The molecule has 28 heavy (non-hydrogen) atoms. The molecule has 1 fully saturated rings. The molecule has 0 unspecified atom stereocenters. The van der Waals surface area contributed by atoms with E-state index in [1.165, 1.54) is 12.8 Å². The number of carbonyl (C=O) groups is 1. The molecule has 2 heterocycles. The number of carbonyl (C=O) groups excluding carboxylic acids is 1. The van der Waals surface area contributed by atoms with Gasteiger partial charge in [0.15, 0.2) is 0 Å². The fraction of sp³-hybridized carbons (Fsp3) is 0.261. The van der Waals surface area contributed by atoms with Crippen LogP contribution in [0.25, 0.3) is 0 Å². The number of nitrogens with one attached hydrogen (secondary N) is 1. The summed E-state index contributed by atoms with van der Waals surface area (Å²) in [5, 5.41) is 3.06. The molecule has 1 atom stereocenters. The largest absolute Gasteiger partial charge is 0.468 e. The summed E-state index contributed by atoms with van der Waals surface area (Å²) in [7, 11) is 0. The maximum Gasteiger partial charge on any atom is 0.251 e. The lowest BCUT2D eigenvalue weighted by atomic mass is 10.1. The van der Waals surface area contributed by atoms with Crippen LogP contribution in [0.3, 0.4) is 0 Å². The summed E-state index contributed by atoms with van der Waals surface area (Å²) in [6.07, 6.45) is 4.05. The average molecular weight is 376 g/mol. The number of likely N-dealkylation sites (tertiary alicyclic amines) is 1. The minimum Gasteiger partial charge on any atom is -0.468 e. The minimum atomic E-state index is -0.116. The van der Waals surface area contributed by atoms with E-state index in [2.05, 4.69) is 10.2 Å². The highest BCUT2D eigenvalue weighted by Crippen LogP contribution is 2.25. The second-order valence-corrected chi connectivity index (χ2v) is 6.93. The standard InChI is InChI=1S/C23H24N2O3/c26-23(18-8-6-11-20(16-18)28-19-9-2-1-3-10-19)24-17-21(22-12-7-15-27-22)25-13-4-5-14-25/h1-3,6-12,15-16,21H,4-5,13-14,17H2,(H,24,26)/t21-/m1/s1. The Bertz CT molecular complexity index is 887. The van der Waals surface area contributed by atoms with Crippen molar-refractivity contribution >= 4 is 5.91 Å². The first-order chi connectivity index (χ1) is 13.8. The van der Waals surface area contributed by atoms with Crippen molar-refractivity contribution in [1.29, 1.82) is 0 Å². The molecule has 1 aliphatic rings. The number of furan rings is 1. The minimum absolute atomic E-state index is 0.0604. The smallest absolute Gasteiger partial charge is 0.251 e. The summed E-state index contributed by atoms with van der Waals surface area (Å²) < 4.78 is 11.5. The van der Waals surface area contributed by atoms with Gasteiger partial charge in [-0.2, -0.15) is 0 Å². The van der Waals surface area contributed by atoms with Crippen molar-refractivity contribution in [3.63, 3.8) is 0 Å². The van der Waals surface area contributed by atoms with Crippen LogP contribution < -0.4 is 10.1 Å². The van der Waals surface area contributed by atoms with Crippen LogP contribution in [0, 0.1) is 0 Å². The highest BCUT2D eigenvalue weighted by atomic mass is 16.5. The number of hydrogen-bond acceptors (Lipinski definition) is 4. The van der Waals surface area contributed by atoms with E-state index in [4.69, 9.17) is 9.15 Å². The molecule has 3 aromatic rings. The zero-order valence-corrected chi connectivity index (χ0v) is 15.7. The molecule has 1 aliphatic heterocycles. The van der Waals surface area contributed by atoms with Crippen LogP contribution in [-0.4, -0.2) is 30.4 Å². The van der Waals surface area contributed by atoms with Crippen LogP contribution in [-0.2, 0) is 0 Å². The van der Waals surface area contributed by atoms with E-state index in [1.54, 1.807) is 18.4 Å². The van der Waals surface area contributed by atoms with Crippen molar-refractivity contribution in [3.05, 3.63) is 84.3 Å². The Morgan fingerprint density at radius 2 is 1.79 bits per heavy atom. The molecule has 4 rings (SSSR count). The van der Waals surface area contributed by atoms with E-state index in [-0.39, 0.29) is 11.9 Å². The Morgan fingerprint density at radius 3 is 2.54 bits per heavy atom. The van der Waals surface area contributed by atoms with Gasteiger partial charge in [-0.25, -0.2) is 0 Å². The first-order valence-corrected chi connectivity index (χ1v) is 9.68. The number of rotatable bonds is 7. The van der Waals surface area contributed by atoms with E-state index < -0.39 is 0 Å². The Hall–Kier alpha value is -3.05. The van der Waals surface area contributed by atoms with Crippen LogP contribution in [0.5, 0.6) is 11.5 Å². The first kappa shape index (κ1) is 18.3. The molecule has 1 N–H and O–H groups in total. The van der Waals surface area contributed by atoms with Gasteiger partial charge < -0.3 is 14.5 Å². The van der Waals surface area contributed by atoms with Crippen molar-refractivity contribution in [1.82, 2.24) is 10.2 Å². The summed E-state index contributed by atoms with van der Waals surface area (Å²) in [6, 6.07) is 20.7. The highest BCUT2D eigenvalue weighted by Gasteiger charge is 2.26. The predicted octanol–water partition coefficient (Wildman–Crippen LogP) is 4.64. The molecule has 0 aliphatic carbocycles. The molecule has 0 radical (unpaired) electrons. The quantitative estimate of drug-likeness (QED) is 0.653. The van der Waals surface area contributed by atoms with Gasteiger partial charge in [-0.1, -0.05) is 24.3 Å². The second kappa shape index (κ2) is 8.76. The maximum atomic E-state index is 12.7. The van der Waals surface area contributed by atoms with Gasteiger partial charge in [-0.3, -0.25) is 9.69 Å². The van der Waals surface area contributed by atoms with Crippen molar-refractivity contribution in [2.45, 2.75) is 18.9 Å². The summed E-state index contributed by atoms with van der Waals surface area (Å²) in [6.45, 7) is 2.57. The second-order valence-electron chi connectivity index (χ2n) is 6.93. The molecule has 5 nitrogen and oxygen atoms in total. The van der Waals surface area contributed by atoms with Crippen LogP contribution >= 0.6 is 0 Å². The first-order valence-electron chi connectivity index (χ1n) is 9.68. The summed E-state index contributed by atoms with van der Waals surface area (Å²) in [5.74, 6) is 2.16. The topological polar surface area (TPSA) is 54.7 Å². The molecular formula is C23H24N2O3. The van der Waals surface area contributed by atoms with Crippen LogP contribution in [0.1, 0.15) is 35.0 Å².